The second-order valence-electron chi connectivity index (χ2n) is 2.89. The van der Waals surface area contributed by atoms with Crippen molar-refractivity contribution in [3.8, 4) is 0 Å². The van der Waals surface area contributed by atoms with Crippen LogP contribution >= 0.6 is 22.9 Å². The first kappa shape index (κ1) is 8.51. The molecule has 1 aromatic rings. The molecule has 2 heterocycles. The van der Waals surface area contributed by atoms with E-state index in [1.807, 2.05) is 12.1 Å². The molecule has 2 nitrogen and oxygen atoms in total. The fourth-order valence-electron chi connectivity index (χ4n) is 1.38. The van der Waals surface area contributed by atoms with Crippen LogP contribution in [-0.4, -0.2) is 12.6 Å². The largest absolute Gasteiger partial charge is 0.371 e. The van der Waals surface area contributed by atoms with Gasteiger partial charge in [-0.25, -0.2) is 0 Å². The smallest absolute Gasteiger partial charge is 0.107 e. The maximum Gasteiger partial charge on any atom is 0.107 e. The van der Waals surface area contributed by atoms with Gasteiger partial charge in [0.2, 0.25) is 0 Å². The van der Waals surface area contributed by atoms with Crippen LogP contribution in [0.4, 0.5) is 0 Å². The first-order valence-electron chi connectivity index (χ1n) is 3.90. The van der Waals surface area contributed by atoms with Crippen molar-refractivity contribution in [2.45, 2.75) is 18.6 Å². The second-order valence-corrected chi connectivity index (χ2v) is 4.63. The number of halogens is 1. The molecule has 0 saturated carbocycles. The normalized spacial score (nSPS) is 29.5. The molecule has 0 amide bonds. The average Bonchev–Trinajstić information content (AvgIpc) is 2.58. The summed E-state index contributed by atoms with van der Waals surface area (Å²) in [5, 5.41) is 0. The maximum absolute atomic E-state index is 5.86. The second kappa shape index (κ2) is 3.34. The number of nitrogens with two attached hydrogens (primary N) is 1. The standard InChI is InChI=1S/C8H10ClNOS/c9-7-2-1-6(12-7)8-5(10)3-4-11-8/h1-2,5,8H,3-4,10H2. The van der Waals surface area contributed by atoms with E-state index >= 15 is 0 Å². The van der Waals surface area contributed by atoms with Crippen LogP contribution < -0.4 is 5.73 Å². The van der Waals surface area contributed by atoms with Gasteiger partial charge in [-0.3, -0.25) is 0 Å². The SMILES string of the molecule is NC1CCOC1c1ccc(Cl)s1. The molecule has 1 fully saturated rings. The zero-order valence-electron chi connectivity index (χ0n) is 6.50. The summed E-state index contributed by atoms with van der Waals surface area (Å²) in [5.74, 6) is 0. The topological polar surface area (TPSA) is 35.2 Å². The molecule has 0 radical (unpaired) electrons. The molecule has 1 aromatic heterocycles. The Morgan fingerprint density at radius 3 is 2.92 bits per heavy atom. The lowest BCUT2D eigenvalue weighted by Gasteiger charge is -2.11. The molecule has 1 aliphatic heterocycles. The van der Waals surface area contributed by atoms with Crippen LogP contribution in [0.25, 0.3) is 0 Å². The van der Waals surface area contributed by atoms with Crippen molar-refractivity contribution in [2.24, 2.45) is 5.73 Å². The lowest BCUT2D eigenvalue weighted by Crippen LogP contribution is -2.22. The van der Waals surface area contributed by atoms with Crippen molar-refractivity contribution in [1.29, 1.82) is 0 Å². The van der Waals surface area contributed by atoms with Crippen LogP contribution in [0.5, 0.6) is 0 Å². The minimum absolute atomic E-state index is 0.0718. The molecule has 1 aliphatic rings. The Balaban J connectivity index is 2.19. The molecule has 12 heavy (non-hydrogen) atoms. The Hall–Kier alpha value is -0.0900. The van der Waals surface area contributed by atoms with Crippen LogP contribution in [0.1, 0.15) is 17.4 Å². The van der Waals surface area contributed by atoms with Crippen molar-refractivity contribution in [3.63, 3.8) is 0 Å². The summed E-state index contributed by atoms with van der Waals surface area (Å²) in [4.78, 5) is 1.14. The van der Waals surface area contributed by atoms with Gasteiger partial charge in [-0.2, -0.15) is 0 Å². The minimum Gasteiger partial charge on any atom is -0.371 e. The Kier molecular flexibility index (Phi) is 2.37. The molecular weight excluding hydrogens is 194 g/mol. The van der Waals surface area contributed by atoms with E-state index in [1.54, 1.807) is 11.3 Å². The van der Waals surface area contributed by atoms with E-state index in [1.165, 1.54) is 0 Å². The van der Waals surface area contributed by atoms with E-state index in [0.29, 0.717) is 0 Å². The average molecular weight is 204 g/mol. The molecule has 2 N–H and O–H groups in total. The molecule has 0 spiro atoms. The Morgan fingerprint density at radius 2 is 2.42 bits per heavy atom. The maximum atomic E-state index is 5.86. The summed E-state index contributed by atoms with van der Waals surface area (Å²) in [6, 6.07) is 4.01. The zero-order valence-corrected chi connectivity index (χ0v) is 8.07. The summed E-state index contributed by atoms with van der Waals surface area (Å²) in [6.07, 6.45) is 1.02. The van der Waals surface area contributed by atoms with Crippen molar-refractivity contribution < 1.29 is 4.74 Å². The molecule has 2 rings (SSSR count). The third-order valence-electron chi connectivity index (χ3n) is 2.01. The summed E-state index contributed by atoms with van der Waals surface area (Å²) in [7, 11) is 0. The minimum atomic E-state index is 0.0718. The van der Waals surface area contributed by atoms with Crippen molar-refractivity contribution in [1.82, 2.24) is 0 Å². The molecule has 1 saturated heterocycles. The van der Waals surface area contributed by atoms with Gasteiger partial charge in [0.05, 0.1) is 4.34 Å². The molecule has 0 aliphatic carbocycles. The number of thiophene rings is 1. The number of hydrogen-bond donors (Lipinski definition) is 1. The Labute approximate surface area is 80.3 Å². The van der Waals surface area contributed by atoms with Gasteiger partial charge >= 0.3 is 0 Å². The van der Waals surface area contributed by atoms with E-state index in [0.717, 1.165) is 22.2 Å². The van der Waals surface area contributed by atoms with Gasteiger partial charge in [-0.1, -0.05) is 11.6 Å². The fourth-order valence-corrected chi connectivity index (χ4v) is 2.57. The number of hydrogen-bond acceptors (Lipinski definition) is 3. The molecule has 0 aromatic carbocycles. The first-order chi connectivity index (χ1) is 5.77. The van der Waals surface area contributed by atoms with Crippen molar-refractivity contribution in [3.05, 3.63) is 21.3 Å². The van der Waals surface area contributed by atoms with Crippen LogP contribution in [0.2, 0.25) is 4.34 Å². The highest BCUT2D eigenvalue weighted by molar-refractivity contribution is 7.16. The van der Waals surface area contributed by atoms with Crippen LogP contribution in [0.15, 0.2) is 12.1 Å². The fraction of sp³-hybridized carbons (Fsp3) is 0.500. The summed E-state index contributed by atoms with van der Waals surface area (Å²) in [6.45, 7) is 0.765. The quantitative estimate of drug-likeness (QED) is 0.760. The van der Waals surface area contributed by atoms with Gasteiger partial charge < -0.3 is 10.5 Å². The lowest BCUT2D eigenvalue weighted by molar-refractivity contribution is 0.108. The predicted octanol–water partition coefficient (Wildman–Crippen LogP) is 2.19. The van der Waals surface area contributed by atoms with E-state index in [2.05, 4.69) is 0 Å². The predicted molar refractivity (Wildman–Crippen MR) is 50.6 cm³/mol. The van der Waals surface area contributed by atoms with E-state index in [-0.39, 0.29) is 12.1 Å². The van der Waals surface area contributed by atoms with E-state index in [9.17, 15) is 0 Å². The molecular formula is C8H10ClNOS. The van der Waals surface area contributed by atoms with Gasteiger partial charge in [0.15, 0.2) is 0 Å². The number of ether oxygens (including phenoxy) is 1. The summed E-state index contributed by atoms with van der Waals surface area (Å²) < 4.78 is 6.29. The van der Waals surface area contributed by atoms with Gasteiger partial charge in [0.25, 0.3) is 0 Å². The lowest BCUT2D eigenvalue weighted by atomic mass is 10.1. The highest BCUT2D eigenvalue weighted by atomic mass is 35.5. The van der Waals surface area contributed by atoms with Crippen LogP contribution in [0.3, 0.4) is 0 Å². The molecule has 2 atom stereocenters. The Bertz CT molecular complexity index is 276. The van der Waals surface area contributed by atoms with Crippen molar-refractivity contribution >= 4 is 22.9 Å². The van der Waals surface area contributed by atoms with E-state index < -0.39 is 0 Å². The van der Waals surface area contributed by atoms with Crippen LogP contribution in [0, 0.1) is 0 Å². The summed E-state index contributed by atoms with van der Waals surface area (Å²) in [5.41, 5.74) is 5.86. The van der Waals surface area contributed by atoms with Gasteiger partial charge in [-0.15, -0.1) is 11.3 Å². The molecule has 66 valence electrons. The first-order valence-corrected chi connectivity index (χ1v) is 5.09. The summed E-state index contributed by atoms with van der Waals surface area (Å²) >= 11 is 7.36. The third-order valence-corrected chi connectivity index (χ3v) is 3.30. The highest BCUT2D eigenvalue weighted by Crippen LogP contribution is 2.34. The zero-order chi connectivity index (χ0) is 8.55. The van der Waals surface area contributed by atoms with Gasteiger partial charge in [-0.05, 0) is 18.6 Å². The monoisotopic (exact) mass is 203 g/mol. The molecule has 4 heteroatoms. The highest BCUT2D eigenvalue weighted by Gasteiger charge is 2.27. The third kappa shape index (κ3) is 1.50. The molecule has 2 unspecified atom stereocenters. The van der Waals surface area contributed by atoms with Crippen molar-refractivity contribution in [2.75, 3.05) is 6.61 Å². The van der Waals surface area contributed by atoms with E-state index in [4.69, 9.17) is 22.1 Å². The Morgan fingerprint density at radius 1 is 1.58 bits per heavy atom. The van der Waals surface area contributed by atoms with Gasteiger partial charge in [0, 0.05) is 17.5 Å². The van der Waals surface area contributed by atoms with Gasteiger partial charge in [0.1, 0.15) is 6.10 Å². The molecule has 0 bridgehead atoms. The van der Waals surface area contributed by atoms with Crippen LogP contribution in [-0.2, 0) is 4.74 Å². The number of rotatable bonds is 1.